The van der Waals surface area contributed by atoms with Gasteiger partial charge >= 0.3 is 0 Å². The summed E-state index contributed by atoms with van der Waals surface area (Å²) in [6.07, 6.45) is 2.39. The van der Waals surface area contributed by atoms with Gasteiger partial charge in [0.25, 0.3) is 0 Å². The SMILES string of the molecule is CCC(C)c1ccc(COC2=CC(=O)c3ccccc3C2=O)cc1. The van der Waals surface area contributed by atoms with Gasteiger partial charge < -0.3 is 4.74 Å². The topological polar surface area (TPSA) is 43.4 Å². The van der Waals surface area contributed by atoms with E-state index in [9.17, 15) is 9.59 Å². The summed E-state index contributed by atoms with van der Waals surface area (Å²) in [5, 5.41) is 0. The molecule has 2 aromatic rings. The molecule has 0 radical (unpaired) electrons. The molecule has 1 aliphatic rings. The van der Waals surface area contributed by atoms with Crippen molar-refractivity contribution in [2.45, 2.75) is 32.8 Å². The molecule has 3 heteroatoms. The van der Waals surface area contributed by atoms with Crippen molar-refractivity contribution < 1.29 is 14.3 Å². The van der Waals surface area contributed by atoms with Crippen molar-refractivity contribution in [3.63, 3.8) is 0 Å². The van der Waals surface area contributed by atoms with Crippen LogP contribution in [0.15, 0.2) is 60.4 Å². The molecule has 3 nitrogen and oxygen atoms in total. The van der Waals surface area contributed by atoms with E-state index in [2.05, 4.69) is 26.0 Å². The number of hydrogen-bond donors (Lipinski definition) is 0. The molecule has 1 unspecified atom stereocenters. The lowest BCUT2D eigenvalue weighted by molar-refractivity contribution is 0.0870. The Labute approximate surface area is 142 Å². The van der Waals surface area contributed by atoms with E-state index in [1.54, 1.807) is 24.3 Å². The van der Waals surface area contributed by atoms with Gasteiger partial charge in [-0.15, -0.1) is 0 Å². The number of benzene rings is 2. The van der Waals surface area contributed by atoms with Crippen LogP contribution < -0.4 is 0 Å². The Morgan fingerprint density at radius 1 is 0.958 bits per heavy atom. The number of allylic oxidation sites excluding steroid dienone is 2. The Morgan fingerprint density at radius 3 is 2.29 bits per heavy atom. The minimum absolute atomic E-state index is 0.115. The molecule has 24 heavy (non-hydrogen) atoms. The Balaban J connectivity index is 1.71. The van der Waals surface area contributed by atoms with Crippen LogP contribution in [0.1, 0.15) is 58.0 Å². The van der Waals surface area contributed by atoms with E-state index in [1.807, 2.05) is 12.1 Å². The summed E-state index contributed by atoms with van der Waals surface area (Å²) in [4.78, 5) is 24.5. The maximum atomic E-state index is 12.4. The van der Waals surface area contributed by atoms with Crippen LogP contribution in [0.4, 0.5) is 0 Å². The fraction of sp³-hybridized carbons (Fsp3) is 0.238. The van der Waals surface area contributed by atoms with Crippen molar-refractivity contribution in [1.29, 1.82) is 0 Å². The molecule has 0 aliphatic heterocycles. The number of fused-ring (bicyclic) bond motifs is 1. The molecule has 0 amide bonds. The molecule has 0 bridgehead atoms. The first-order valence-electron chi connectivity index (χ1n) is 8.21. The second-order valence-electron chi connectivity index (χ2n) is 6.09. The minimum atomic E-state index is -0.235. The van der Waals surface area contributed by atoms with E-state index in [4.69, 9.17) is 4.74 Å². The third-order valence-electron chi connectivity index (χ3n) is 4.48. The molecule has 2 aromatic carbocycles. The van der Waals surface area contributed by atoms with Gasteiger partial charge in [-0.25, -0.2) is 0 Å². The third-order valence-corrected chi connectivity index (χ3v) is 4.48. The first-order chi connectivity index (χ1) is 11.6. The van der Waals surface area contributed by atoms with E-state index in [-0.39, 0.29) is 23.9 Å². The van der Waals surface area contributed by atoms with E-state index in [0.717, 1.165) is 12.0 Å². The van der Waals surface area contributed by atoms with Crippen molar-refractivity contribution in [3.8, 4) is 0 Å². The van der Waals surface area contributed by atoms with E-state index in [0.29, 0.717) is 17.0 Å². The number of carbonyl (C=O) groups excluding carboxylic acids is 2. The Kier molecular flexibility index (Phi) is 4.61. The van der Waals surface area contributed by atoms with Gasteiger partial charge in [0, 0.05) is 17.2 Å². The van der Waals surface area contributed by atoms with Crippen LogP contribution in [-0.2, 0) is 11.3 Å². The summed E-state index contributed by atoms with van der Waals surface area (Å²) in [6, 6.07) is 15.0. The van der Waals surface area contributed by atoms with Gasteiger partial charge in [0.2, 0.25) is 5.78 Å². The maximum absolute atomic E-state index is 12.4. The Morgan fingerprint density at radius 2 is 1.62 bits per heavy atom. The van der Waals surface area contributed by atoms with Gasteiger partial charge in [-0.05, 0) is 23.5 Å². The molecular weight excluding hydrogens is 300 g/mol. The highest BCUT2D eigenvalue weighted by Gasteiger charge is 2.26. The summed E-state index contributed by atoms with van der Waals surface area (Å²) in [5.41, 5.74) is 3.11. The number of ketones is 2. The van der Waals surface area contributed by atoms with Gasteiger partial charge in [0.1, 0.15) is 6.61 Å². The van der Waals surface area contributed by atoms with Crippen molar-refractivity contribution in [2.24, 2.45) is 0 Å². The van der Waals surface area contributed by atoms with Gasteiger partial charge in [0.05, 0.1) is 0 Å². The standard InChI is InChI=1S/C21H20O3/c1-3-14(2)16-10-8-15(9-11-16)13-24-20-12-19(22)17-6-4-5-7-18(17)21(20)23/h4-12,14H,3,13H2,1-2H3. The molecule has 1 aliphatic carbocycles. The van der Waals surface area contributed by atoms with Gasteiger partial charge in [-0.1, -0.05) is 62.4 Å². The predicted molar refractivity (Wildman–Crippen MR) is 93.1 cm³/mol. The summed E-state index contributed by atoms with van der Waals surface area (Å²) < 4.78 is 5.63. The molecule has 0 heterocycles. The second-order valence-corrected chi connectivity index (χ2v) is 6.09. The Bertz CT molecular complexity index is 800. The van der Waals surface area contributed by atoms with E-state index in [1.165, 1.54) is 11.6 Å². The summed E-state index contributed by atoms with van der Waals surface area (Å²) in [6.45, 7) is 4.63. The number of Topliss-reactive ketones (excluding diaryl/α,β-unsaturated/α-hetero) is 1. The molecule has 0 N–H and O–H groups in total. The lowest BCUT2D eigenvalue weighted by Gasteiger charge is -2.16. The molecule has 0 spiro atoms. The Hall–Kier alpha value is -2.68. The zero-order valence-electron chi connectivity index (χ0n) is 13.9. The third kappa shape index (κ3) is 3.16. The van der Waals surface area contributed by atoms with Crippen LogP contribution in [0.5, 0.6) is 0 Å². The van der Waals surface area contributed by atoms with Crippen molar-refractivity contribution in [1.82, 2.24) is 0 Å². The zero-order chi connectivity index (χ0) is 17.1. The predicted octanol–water partition coefficient (Wildman–Crippen LogP) is 4.68. The molecule has 0 saturated heterocycles. The highest BCUT2D eigenvalue weighted by Crippen LogP contribution is 2.23. The lowest BCUT2D eigenvalue weighted by atomic mass is 9.94. The first-order valence-corrected chi connectivity index (χ1v) is 8.21. The van der Waals surface area contributed by atoms with Crippen molar-refractivity contribution in [3.05, 3.63) is 82.6 Å². The smallest absolute Gasteiger partial charge is 0.228 e. The van der Waals surface area contributed by atoms with Crippen LogP contribution >= 0.6 is 0 Å². The van der Waals surface area contributed by atoms with E-state index < -0.39 is 0 Å². The number of rotatable bonds is 5. The quantitative estimate of drug-likeness (QED) is 0.803. The average molecular weight is 320 g/mol. The van der Waals surface area contributed by atoms with Gasteiger partial charge in [-0.3, -0.25) is 9.59 Å². The summed E-state index contributed by atoms with van der Waals surface area (Å²) in [7, 11) is 0. The second kappa shape index (κ2) is 6.83. The highest BCUT2D eigenvalue weighted by molar-refractivity contribution is 6.23. The molecule has 1 atom stereocenters. The minimum Gasteiger partial charge on any atom is -0.485 e. The fourth-order valence-corrected chi connectivity index (χ4v) is 2.74. The zero-order valence-corrected chi connectivity index (χ0v) is 13.9. The number of ether oxygens (including phenoxy) is 1. The molecule has 0 fully saturated rings. The fourth-order valence-electron chi connectivity index (χ4n) is 2.74. The van der Waals surface area contributed by atoms with Crippen LogP contribution in [0, 0.1) is 0 Å². The molecule has 0 saturated carbocycles. The average Bonchev–Trinajstić information content (AvgIpc) is 2.63. The number of hydrogen-bond acceptors (Lipinski definition) is 3. The largest absolute Gasteiger partial charge is 0.485 e. The molecule has 122 valence electrons. The van der Waals surface area contributed by atoms with Crippen LogP contribution in [0.2, 0.25) is 0 Å². The van der Waals surface area contributed by atoms with Gasteiger partial charge in [-0.2, -0.15) is 0 Å². The van der Waals surface area contributed by atoms with Crippen LogP contribution in [-0.4, -0.2) is 11.6 Å². The van der Waals surface area contributed by atoms with Gasteiger partial charge in [0.15, 0.2) is 11.5 Å². The normalized spacial score (nSPS) is 14.8. The number of carbonyl (C=O) groups is 2. The summed E-state index contributed by atoms with van der Waals surface area (Å²) in [5.74, 6) is 0.218. The van der Waals surface area contributed by atoms with Crippen LogP contribution in [0.3, 0.4) is 0 Å². The van der Waals surface area contributed by atoms with Crippen molar-refractivity contribution >= 4 is 11.6 Å². The molecule has 3 rings (SSSR count). The molecular formula is C21H20O3. The molecule has 0 aromatic heterocycles. The monoisotopic (exact) mass is 320 g/mol. The maximum Gasteiger partial charge on any atom is 0.228 e. The van der Waals surface area contributed by atoms with Crippen molar-refractivity contribution in [2.75, 3.05) is 0 Å². The lowest BCUT2D eigenvalue weighted by Crippen LogP contribution is -2.18. The highest BCUT2D eigenvalue weighted by atomic mass is 16.5. The van der Waals surface area contributed by atoms with Crippen LogP contribution in [0.25, 0.3) is 0 Å². The first kappa shape index (κ1) is 16.2. The van der Waals surface area contributed by atoms with E-state index >= 15 is 0 Å². The summed E-state index contributed by atoms with van der Waals surface area (Å²) >= 11 is 0.